The first kappa shape index (κ1) is 18.2. The minimum atomic E-state index is -0.595. The van der Waals surface area contributed by atoms with E-state index in [0.717, 1.165) is 16.4 Å². The molecular formula is C17H24N4O2S. The Kier molecular flexibility index (Phi) is 6.57. The number of carbonyl (C=O) groups excluding carboxylic acids is 1. The molecule has 1 aromatic heterocycles. The molecule has 7 heteroatoms. The van der Waals surface area contributed by atoms with Crippen molar-refractivity contribution in [2.24, 2.45) is 0 Å². The van der Waals surface area contributed by atoms with E-state index in [1.165, 1.54) is 11.3 Å². The van der Waals surface area contributed by atoms with Crippen molar-refractivity contribution in [1.29, 1.82) is 0 Å². The second kappa shape index (κ2) is 8.65. The largest absolute Gasteiger partial charge is 0.388 e. The van der Waals surface area contributed by atoms with Gasteiger partial charge in [0.2, 0.25) is 0 Å². The quantitative estimate of drug-likeness (QED) is 0.718. The van der Waals surface area contributed by atoms with E-state index in [-0.39, 0.29) is 12.1 Å². The van der Waals surface area contributed by atoms with E-state index < -0.39 is 6.10 Å². The van der Waals surface area contributed by atoms with Crippen LogP contribution in [0.2, 0.25) is 0 Å². The lowest BCUT2D eigenvalue weighted by atomic mass is 10.0. The van der Waals surface area contributed by atoms with E-state index in [1.807, 2.05) is 61.6 Å². The van der Waals surface area contributed by atoms with Crippen LogP contribution in [0.3, 0.4) is 0 Å². The molecule has 130 valence electrons. The molecule has 0 aliphatic heterocycles. The number of nitrogens with one attached hydrogen (secondary N) is 2. The Morgan fingerprint density at radius 2 is 2.04 bits per heavy atom. The molecule has 0 bridgehead atoms. The number of nitrogens with zero attached hydrogens (tertiary/aromatic N) is 2. The summed E-state index contributed by atoms with van der Waals surface area (Å²) < 4.78 is 0. The number of hydrogen-bond acceptors (Lipinski definition) is 5. The molecule has 2 aromatic rings. The van der Waals surface area contributed by atoms with Crippen molar-refractivity contribution < 1.29 is 9.90 Å². The molecule has 0 saturated carbocycles. The van der Waals surface area contributed by atoms with Gasteiger partial charge in [-0.25, -0.2) is 9.78 Å². The fourth-order valence-corrected chi connectivity index (χ4v) is 2.99. The summed E-state index contributed by atoms with van der Waals surface area (Å²) in [7, 11) is 3.87. The highest BCUT2D eigenvalue weighted by molar-refractivity contribution is 7.13. The van der Waals surface area contributed by atoms with Gasteiger partial charge in [0.1, 0.15) is 0 Å². The number of aromatic nitrogens is 1. The number of amides is 2. The van der Waals surface area contributed by atoms with Gasteiger partial charge in [-0.05, 0) is 18.9 Å². The first-order chi connectivity index (χ1) is 11.5. The van der Waals surface area contributed by atoms with Crippen LogP contribution in [0, 0.1) is 0 Å². The average Bonchev–Trinajstić information content (AvgIpc) is 3.03. The van der Waals surface area contributed by atoms with Crippen LogP contribution in [0.1, 0.15) is 30.7 Å². The van der Waals surface area contributed by atoms with Gasteiger partial charge in [0.15, 0.2) is 5.13 Å². The van der Waals surface area contributed by atoms with Crippen LogP contribution < -0.4 is 15.5 Å². The molecule has 6 nitrogen and oxygen atoms in total. The minimum Gasteiger partial charge on any atom is -0.388 e. The number of aliphatic hydroxyl groups excluding tert-OH is 1. The molecule has 2 rings (SSSR count). The number of thiazole rings is 1. The Bertz CT molecular complexity index is 645. The fourth-order valence-electron chi connectivity index (χ4n) is 2.23. The first-order valence-electron chi connectivity index (χ1n) is 7.85. The Hall–Kier alpha value is -2.12. The lowest BCUT2D eigenvalue weighted by molar-refractivity contribution is 0.154. The summed E-state index contributed by atoms with van der Waals surface area (Å²) in [6.45, 7) is 2.25. The molecule has 0 saturated heterocycles. The highest BCUT2D eigenvalue weighted by Gasteiger charge is 2.14. The van der Waals surface area contributed by atoms with E-state index in [1.54, 1.807) is 0 Å². The van der Waals surface area contributed by atoms with Crippen molar-refractivity contribution in [3.05, 3.63) is 47.0 Å². The molecule has 2 amide bonds. The normalized spacial score (nSPS) is 13.2. The highest BCUT2D eigenvalue weighted by atomic mass is 32.1. The molecule has 0 aliphatic carbocycles. The molecule has 3 N–H and O–H groups in total. The highest BCUT2D eigenvalue weighted by Crippen LogP contribution is 2.18. The van der Waals surface area contributed by atoms with Gasteiger partial charge >= 0.3 is 6.03 Å². The van der Waals surface area contributed by atoms with E-state index in [9.17, 15) is 9.90 Å². The maximum absolute atomic E-state index is 11.9. The molecule has 0 radical (unpaired) electrons. The molecule has 1 aromatic carbocycles. The lowest BCUT2D eigenvalue weighted by Gasteiger charge is -2.18. The number of aliphatic hydroxyl groups is 1. The maximum Gasteiger partial charge on any atom is 0.315 e. The summed E-state index contributed by atoms with van der Waals surface area (Å²) in [5.41, 5.74) is 1.68. The number of urea groups is 1. The Morgan fingerprint density at radius 1 is 1.33 bits per heavy atom. The summed E-state index contributed by atoms with van der Waals surface area (Å²) in [6, 6.07) is 9.03. The molecular weight excluding hydrogens is 324 g/mol. The predicted octanol–water partition coefficient (Wildman–Crippen LogP) is 2.52. The standard InChI is InChI=1S/C17H24N4O2S/c1-12(9-15(22)13-7-5-4-6-8-13)19-16(23)18-10-14-11-24-17(20-14)21(2)3/h4-8,11-12,15,22H,9-10H2,1-3H3,(H2,18,19,23). The van der Waals surface area contributed by atoms with Crippen molar-refractivity contribution in [2.45, 2.75) is 32.0 Å². The molecule has 2 unspecified atom stereocenters. The van der Waals surface area contributed by atoms with Crippen molar-refractivity contribution >= 4 is 22.5 Å². The third-order valence-electron chi connectivity index (χ3n) is 3.49. The van der Waals surface area contributed by atoms with Gasteiger partial charge in [-0.2, -0.15) is 0 Å². The van der Waals surface area contributed by atoms with Crippen molar-refractivity contribution in [2.75, 3.05) is 19.0 Å². The zero-order chi connectivity index (χ0) is 17.5. The van der Waals surface area contributed by atoms with Gasteiger partial charge < -0.3 is 20.6 Å². The van der Waals surface area contributed by atoms with Crippen LogP contribution in [0.4, 0.5) is 9.93 Å². The average molecular weight is 348 g/mol. The third kappa shape index (κ3) is 5.50. The zero-order valence-electron chi connectivity index (χ0n) is 14.2. The zero-order valence-corrected chi connectivity index (χ0v) is 15.0. The lowest BCUT2D eigenvalue weighted by Crippen LogP contribution is -2.41. The van der Waals surface area contributed by atoms with E-state index in [0.29, 0.717) is 13.0 Å². The molecule has 0 spiro atoms. The molecule has 0 fully saturated rings. The van der Waals surface area contributed by atoms with Crippen LogP contribution in [0.5, 0.6) is 0 Å². The van der Waals surface area contributed by atoms with Crippen LogP contribution in [0.15, 0.2) is 35.7 Å². The molecule has 1 heterocycles. The number of carbonyl (C=O) groups is 1. The van der Waals surface area contributed by atoms with Gasteiger partial charge in [0.25, 0.3) is 0 Å². The van der Waals surface area contributed by atoms with E-state index in [2.05, 4.69) is 15.6 Å². The Morgan fingerprint density at radius 3 is 2.67 bits per heavy atom. The van der Waals surface area contributed by atoms with Gasteiger partial charge in [-0.15, -0.1) is 11.3 Å². The van der Waals surface area contributed by atoms with E-state index in [4.69, 9.17) is 0 Å². The third-order valence-corrected chi connectivity index (χ3v) is 4.55. The van der Waals surface area contributed by atoms with Gasteiger partial charge in [-0.1, -0.05) is 30.3 Å². The Balaban J connectivity index is 1.75. The van der Waals surface area contributed by atoms with Crippen molar-refractivity contribution in [3.63, 3.8) is 0 Å². The predicted molar refractivity (Wildman–Crippen MR) is 97.3 cm³/mol. The maximum atomic E-state index is 11.9. The van der Waals surface area contributed by atoms with Crippen LogP contribution in [-0.2, 0) is 6.54 Å². The molecule has 0 aliphatic rings. The smallest absolute Gasteiger partial charge is 0.315 e. The summed E-state index contributed by atoms with van der Waals surface area (Å²) in [5, 5.41) is 18.6. The summed E-state index contributed by atoms with van der Waals surface area (Å²) in [5.74, 6) is 0. The number of benzene rings is 1. The summed E-state index contributed by atoms with van der Waals surface area (Å²) in [4.78, 5) is 18.3. The van der Waals surface area contributed by atoms with E-state index >= 15 is 0 Å². The SMILES string of the molecule is CC(CC(O)c1ccccc1)NC(=O)NCc1csc(N(C)C)n1. The van der Waals surface area contributed by atoms with Gasteiger partial charge in [0.05, 0.1) is 18.3 Å². The first-order valence-corrected chi connectivity index (χ1v) is 8.72. The number of hydrogen-bond donors (Lipinski definition) is 3. The molecule has 24 heavy (non-hydrogen) atoms. The molecule has 2 atom stereocenters. The monoisotopic (exact) mass is 348 g/mol. The van der Waals surface area contributed by atoms with Crippen LogP contribution in [-0.4, -0.2) is 36.3 Å². The van der Waals surface area contributed by atoms with Gasteiger partial charge in [0, 0.05) is 25.5 Å². The number of anilines is 1. The Labute approximate surface area is 146 Å². The van der Waals surface area contributed by atoms with Crippen molar-refractivity contribution in [1.82, 2.24) is 15.6 Å². The van der Waals surface area contributed by atoms with Crippen LogP contribution >= 0.6 is 11.3 Å². The topological polar surface area (TPSA) is 77.5 Å². The van der Waals surface area contributed by atoms with Crippen molar-refractivity contribution in [3.8, 4) is 0 Å². The minimum absolute atomic E-state index is 0.145. The fraction of sp³-hybridized carbons (Fsp3) is 0.412. The van der Waals surface area contributed by atoms with Gasteiger partial charge in [-0.3, -0.25) is 0 Å². The number of rotatable bonds is 7. The second-order valence-corrected chi connectivity index (χ2v) is 6.74. The summed E-state index contributed by atoms with van der Waals surface area (Å²) in [6.07, 6.45) is -0.137. The second-order valence-electron chi connectivity index (χ2n) is 5.91. The summed E-state index contributed by atoms with van der Waals surface area (Å²) >= 11 is 1.54. The van der Waals surface area contributed by atoms with Crippen LogP contribution in [0.25, 0.3) is 0 Å².